The number of allylic oxidation sites excluding steroid dienone is 3. The van der Waals surface area contributed by atoms with Crippen molar-refractivity contribution in [1.82, 2.24) is 0 Å². The molecule has 108 valence electrons. The van der Waals surface area contributed by atoms with Gasteiger partial charge in [0.25, 0.3) is 0 Å². The van der Waals surface area contributed by atoms with Gasteiger partial charge in [-0.1, -0.05) is 68.9 Å². The van der Waals surface area contributed by atoms with Crippen LogP contribution in [0, 0.1) is 5.92 Å². The standard InChI is InChI=1S/C18H30O/c1-2-3-4-5-6-7-8-9-10-13-16-19-17-18-14-11-12-15-18/h2,11-12,14-15,18H,1,3-10,13,16-17H2. The topological polar surface area (TPSA) is 9.23 Å². The molecule has 1 heteroatoms. The van der Waals surface area contributed by atoms with E-state index in [1.54, 1.807) is 0 Å². The van der Waals surface area contributed by atoms with Gasteiger partial charge in [0.05, 0.1) is 6.61 Å². The van der Waals surface area contributed by atoms with E-state index in [0.717, 1.165) is 13.2 Å². The maximum absolute atomic E-state index is 5.68. The second-order valence-corrected chi connectivity index (χ2v) is 5.41. The minimum atomic E-state index is 0.524. The Bertz CT molecular complexity index is 253. The third-order valence-electron chi connectivity index (χ3n) is 3.58. The van der Waals surface area contributed by atoms with Gasteiger partial charge in [-0.2, -0.15) is 0 Å². The van der Waals surface area contributed by atoms with Crippen LogP contribution in [0.25, 0.3) is 0 Å². The summed E-state index contributed by atoms with van der Waals surface area (Å²) in [6.45, 7) is 5.53. The van der Waals surface area contributed by atoms with Crippen LogP contribution in [-0.4, -0.2) is 13.2 Å². The predicted molar refractivity (Wildman–Crippen MR) is 84.3 cm³/mol. The van der Waals surface area contributed by atoms with Crippen molar-refractivity contribution in [2.75, 3.05) is 13.2 Å². The quantitative estimate of drug-likeness (QED) is 0.317. The van der Waals surface area contributed by atoms with Gasteiger partial charge >= 0.3 is 0 Å². The molecule has 1 nitrogen and oxygen atoms in total. The molecule has 0 aliphatic heterocycles. The van der Waals surface area contributed by atoms with E-state index < -0.39 is 0 Å². The van der Waals surface area contributed by atoms with Gasteiger partial charge in [0, 0.05) is 12.5 Å². The lowest BCUT2D eigenvalue weighted by Gasteiger charge is -2.07. The first-order valence-corrected chi connectivity index (χ1v) is 7.97. The summed E-state index contributed by atoms with van der Waals surface area (Å²) in [5.41, 5.74) is 0. The molecular formula is C18H30O. The van der Waals surface area contributed by atoms with Crippen molar-refractivity contribution >= 4 is 0 Å². The molecule has 0 spiro atoms. The summed E-state index contributed by atoms with van der Waals surface area (Å²) in [5.74, 6) is 0.524. The number of hydrogen-bond acceptors (Lipinski definition) is 1. The molecule has 0 unspecified atom stereocenters. The maximum atomic E-state index is 5.68. The van der Waals surface area contributed by atoms with Crippen molar-refractivity contribution in [3.05, 3.63) is 37.0 Å². The van der Waals surface area contributed by atoms with E-state index in [9.17, 15) is 0 Å². The minimum Gasteiger partial charge on any atom is -0.381 e. The van der Waals surface area contributed by atoms with E-state index in [1.807, 2.05) is 6.08 Å². The van der Waals surface area contributed by atoms with Crippen molar-refractivity contribution in [1.29, 1.82) is 0 Å². The Morgan fingerprint density at radius 1 is 0.842 bits per heavy atom. The fourth-order valence-corrected chi connectivity index (χ4v) is 2.36. The van der Waals surface area contributed by atoms with Crippen molar-refractivity contribution in [2.45, 2.75) is 57.8 Å². The minimum absolute atomic E-state index is 0.524. The normalized spacial score (nSPS) is 14.3. The molecule has 0 aromatic rings. The Kier molecular flexibility index (Phi) is 10.4. The average Bonchev–Trinajstić information content (AvgIpc) is 2.93. The lowest BCUT2D eigenvalue weighted by Crippen LogP contribution is -2.04. The number of hydrogen-bond donors (Lipinski definition) is 0. The molecule has 0 N–H and O–H groups in total. The third kappa shape index (κ3) is 9.72. The van der Waals surface area contributed by atoms with Crippen LogP contribution < -0.4 is 0 Å². The highest BCUT2D eigenvalue weighted by atomic mass is 16.5. The first-order valence-electron chi connectivity index (χ1n) is 7.97. The molecule has 0 radical (unpaired) electrons. The first kappa shape index (κ1) is 16.2. The van der Waals surface area contributed by atoms with Crippen LogP contribution in [0.1, 0.15) is 57.8 Å². The molecule has 0 saturated carbocycles. The molecule has 0 bridgehead atoms. The molecule has 1 aliphatic carbocycles. The summed E-state index contributed by atoms with van der Waals surface area (Å²) in [5, 5.41) is 0. The molecule has 0 fully saturated rings. The fourth-order valence-electron chi connectivity index (χ4n) is 2.36. The lowest BCUT2D eigenvalue weighted by molar-refractivity contribution is 0.119. The molecule has 1 aliphatic rings. The van der Waals surface area contributed by atoms with Gasteiger partial charge in [-0.05, 0) is 19.3 Å². The van der Waals surface area contributed by atoms with Gasteiger partial charge in [0.1, 0.15) is 0 Å². The van der Waals surface area contributed by atoms with Crippen LogP contribution in [0.2, 0.25) is 0 Å². The molecule has 0 heterocycles. The fraction of sp³-hybridized carbons (Fsp3) is 0.667. The molecule has 0 amide bonds. The van der Waals surface area contributed by atoms with Gasteiger partial charge in [-0.3, -0.25) is 0 Å². The molecule has 0 aromatic carbocycles. The van der Waals surface area contributed by atoms with Crippen molar-refractivity contribution < 1.29 is 4.74 Å². The highest BCUT2D eigenvalue weighted by molar-refractivity contribution is 5.17. The van der Waals surface area contributed by atoms with Crippen molar-refractivity contribution in [3.63, 3.8) is 0 Å². The highest BCUT2D eigenvalue weighted by Gasteiger charge is 2.02. The van der Waals surface area contributed by atoms with Crippen LogP contribution >= 0.6 is 0 Å². The van der Waals surface area contributed by atoms with Gasteiger partial charge in [-0.15, -0.1) is 6.58 Å². The monoisotopic (exact) mass is 262 g/mol. The summed E-state index contributed by atoms with van der Waals surface area (Å²) >= 11 is 0. The van der Waals surface area contributed by atoms with E-state index in [-0.39, 0.29) is 0 Å². The highest BCUT2D eigenvalue weighted by Crippen LogP contribution is 2.11. The van der Waals surface area contributed by atoms with E-state index in [1.165, 1.54) is 57.8 Å². The zero-order valence-electron chi connectivity index (χ0n) is 12.4. The summed E-state index contributed by atoms with van der Waals surface area (Å²) < 4.78 is 5.68. The smallest absolute Gasteiger partial charge is 0.0563 e. The summed E-state index contributed by atoms with van der Waals surface area (Å²) in [7, 11) is 0. The van der Waals surface area contributed by atoms with Gasteiger partial charge in [0.2, 0.25) is 0 Å². The van der Waals surface area contributed by atoms with E-state index in [4.69, 9.17) is 4.74 Å². The number of unbranched alkanes of at least 4 members (excludes halogenated alkanes) is 8. The van der Waals surface area contributed by atoms with Crippen molar-refractivity contribution in [2.24, 2.45) is 5.92 Å². The summed E-state index contributed by atoms with van der Waals surface area (Å²) in [4.78, 5) is 0. The van der Waals surface area contributed by atoms with Crippen LogP contribution in [0.4, 0.5) is 0 Å². The van der Waals surface area contributed by atoms with Crippen LogP contribution in [0.5, 0.6) is 0 Å². The van der Waals surface area contributed by atoms with Crippen LogP contribution in [0.3, 0.4) is 0 Å². The summed E-state index contributed by atoms with van der Waals surface area (Å²) in [6.07, 6.45) is 22.6. The summed E-state index contributed by atoms with van der Waals surface area (Å²) in [6, 6.07) is 0. The average molecular weight is 262 g/mol. The molecular weight excluding hydrogens is 232 g/mol. The molecule has 19 heavy (non-hydrogen) atoms. The van der Waals surface area contributed by atoms with Gasteiger partial charge in [-0.25, -0.2) is 0 Å². The van der Waals surface area contributed by atoms with E-state index in [0.29, 0.717) is 5.92 Å². The molecule has 0 saturated heterocycles. The Morgan fingerprint density at radius 3 is 2.05 bits per heavy atom. The Hall–Kier alpha value is -0.820. The number of ether oxygens (including phenoxy) is 1. The Balaban J connectivity index is 1.70. The molecule has 1 rings (SSSR count). The predicted octanol–water partition coefficient (Wildman–Crippen LogP) is 5.44. The number of rotatable bonds is 13. The van der Waals surface area contributed by atoms with Gasteiger partial charge < -0.3 is 4.74 Å². The molecule has 0 aromatic heterocycles. The van der Waals surface area contributed by atoms with Gasteiger partial charge in [0.15, 0.2) is 0 Å². The van der Waals surface area contributed by atoms with Crippen LogP contribution in [-0.2, 0) is 4.74 Å². The second kappa shape index (κ2) is 12.2. The second-order valence-electron chi connectivity index (χ2n) is 5.41. The Labute approximate surface area is 119 Å². The maximum Gasteiger partial charge on any atom is 0.0563 e. The SMILES string of the molecule is C=CCCCCCCCCCCOCC1C=CC=C1. The zero-order valence-corrected chi connectivity index (χ0v) is 12.4. The zero-order chi connectivity index (χ0) is 13.6. The lowest BCUT2D eigenvalue weighted by atomic mass is 10.1. The van der Waals surface area contributed by atoms with Crippen LogP contribution in [0.15, 0.2) is 37.0 Å². The third-order valence-corrected chi connectivity index (χ3v) is 3.58. The van der Waals surface area contributed by atoms with E-state index in [2.05, 4.69) is 30.9 Å². The van der Waals surface area contributed by atoms with E-state index >= 15 is 0 Å². The van der Waals surface area contributed by atoms with Crippen molar-refractivity contribution in [3.8, 4) is 0 Å². The molecule has 0 atom stereocenters. The first-order chi connectivity index (χ1) is 9.43. The Morgan fingerprint density at radius 2 is 1.42 bits per heavy atom. The largest absolute Gasteiger partial charge is 0.381 e.